The summed E-state index contributed by atoms with van der Waals surface area (Å²) in [7, 11) is 1.62. The summed E-state index contributed by atoms with van der Waals surface area (Å²) in [6.45, 7) is 6.84. The van der Waals surface area contributed by atoms with Crippen LogP contribution >= 0.6 is 11.3 Å². The maximum atomic E-state index is 12.5. The van der Waals surface area contributed by atoms with Gasteiger partial charge in [0.1, 0.15) is 10.8 Å². The third-order valence-electron chi connectivity index (χ3n) is 5.42. The van der Waals surface area contributed by atoms with Gasteiger partial charge in [0, 0.05) is 43.7 Å². The first-order valence-electron chi connectivity index (χ1n) is 10.5. The highest BCUT2D eigenvalue weighted by atomic mass is 32.1. The molecule has 1 amide bonds. The number of carbonyl (C=O) groups excluding carboxylic acids is 1. The number of aryl methyl sites for hydroxylation is 1. The number of anilines is 1. The fraction of sp³-hybridized carbons (Fsp3) is 0.333. The van der Waals surface area contributed by atoms with E-state index in [1.165, 1.54) is 5.56 Å². The third-order valence-corrected chi connectivity index (χ3v) is 6.36. The number of amides is 1. The summed E-state index contributed by atoms with van der Waals surface area (Å²) in [6, 6.07) is 16.1. The lowest BCUT2D eigenvalue weighted by Crippen LogP contribution is -2.48. The van der Waals surface area contributed by atoms with Crippen molar-refractivity contribution in [2.45, 2.75) is 13.5 Å². The molecule has 0 atom stereocenters. The second-order valence-corrected chi connectivity index (χ2v) is 8.67. The number of thiazole rings is 1. The van der Waals surface area contributed by atoms with Crippen LogP contribution in [-0.4, -0.2) is 60.5 Å². The van der Waals surface area contributed by atoms with E-state index in [0.717, 1.165) is 54.7 Å². The molecule has 0 saturated carbocycles. The van der Waals surface area contributed by atoms with Crippen LogP contribution in [0.4, 0.5) is 5.69 Å². The number of nitrogens with one attached hydrogen (secondary N) is 1. The fourth-order valence-corrected chi connectivity index (χ4v) is 4.56. The van der Waals surface area contributed by atoms with Crippen LogP contribution in [0.3, 0.4) is 0 Å². The second-order valence-electron chi connectivity index (χ2n) is 7.81. The van der Waals surface area contributed by atoms with Crippen LogP contribution in [0.2, 0.25) is 0 Å². The minimum atomic E-state index is -0.00986. The van der Waals surface area contributed by atoms with Gasteiger partial charge in [0.05, 0.1) is 25.0 Å². The molecule has 162 valence electrons. The molecule has 0 radical (unpaired) electrons. The number of hydrogen-bond acceptors (Lipinski definition) is 6. The van der Waals surface area contributed by atoms with Gasteiger partial charge in [0.2, 0.25) is 5.91 Å². The van der Waals surface area contributed by atoms with Crippen molar-refractivity contribution in [1.82, 2.24) is 14.8 Å². The summed E-state index contributed by atoms with van der Waals surface area (Å²) in [5.41, 5.74) is 4.09. The molecule has 0 spiro atoms. The number of carbonyl (C=O) groups is 1. The molecular formula is C24H28N4O2S. The van der Waals surface area contributed by atoms with Gasteiger partial charge in [-0.05, 0) is 24.6 Å². The monoisotopic (exact) mass is 436 g/mol. The van der Waals surface area contributed by atoms with Gasteiger partial charge in [-0.15, -0.1) is 11.3 Å². The third kappa shape index (κ3) is 5.70. The average molecular weight is 437 g/mol. The molecule has 1 saturated heterocycles. The number of hydrogen-bond donors (Lipinski definition) is 1. The lowest BCUT2D eigenvalue weighted by atomic mass is 10.2. The zero-order valence-electron chi connectivity index (χ0n) is 18.0. The van der Waals surface area contributed by atoms with Crippen LogP contribution in [0, 0.1) is 6.92 Å². The van der Waals surface area contributed by atoms with Crippen molar-refractivity contribution in [3.63, 3.8) is 0 Å². The molecule has 31 heavy (non-hydrogen) atoms. The Balaban J connectivity index is 1.25. The van der Waals surface area contributed by atoms with Crippen LogP contribution in [0.5, 0.6) is 5.75 Å². The minimum Gasteiger partial charge on any atom is -0.495 e. The van der Waals surface area contributed by atoms with Crippen molar-refractivity contribution < 1.29 is 9.53 Å². The highest BCUT2D eigenvalue weighted by molar-refractivity contribution is 7.13. The van der Waals surface area contributed by atoms with Crippen LogP contribution < -0.4 is 10.1 Å². The van der Waals surface area contributed by atoms with Crippen molar-refractivity contribution >= 4 is 22.9 Å². The largest absolute Gasteiger partial charge is 0.495 e. The number of benzene rings is 2. The van der Waals surface area contributed by atoms with Gasteiger partial charge in [-0.25, -0.2) is 4.98 Å². The van der Waals surface area contributed by atoms with E-state index in [9.17, 15) is 4.79 Å². The Morgan fingerprint density at radius 2 is 1.84 bits per heavy atom. The summed E-state index contributed by atoms with van der Waals surface area (Å²) in [5, 5.41) is 6.21. The van der Waals surface area contributed by atoms with E-state index in [1.807, 2.05) is 43.3 Å². The molecule has 6 nitrogen and oxygen atoms in total. The Hall–Kier alpha value is -2.74. The van der Waals surface area contributed by atoms with Gasteiger partial charge in [0.25, 0.3) is 0 Å². The number of rotatable bonds is 7. The predicted molar refractivity (Wildman–Crippen MR) is 126 cm³/mol. The van der Waals surface area contributed by atoms with Crippen LogP contribution in [-0.2, 0) is 11.3 Å². The maximum absolute atomic E-state index is 12.5. The van der Waals surface area contributed by atoms with E-state index in [2.05, 4.69) is 32.6 Å². The lowest BCUT2D eigenvalue weighted by molar-refractivity contribution is -0.117. The summed E-state index contributed by atoms with van der Waals surface area (Å²) < 4.78 is 5.35. The maximum Gasteiger partial charge on any atom is 0.238 e. The van der Waals surface area contributed by atoms with Crippen molar-refractivity contribution in [3.05, 3.63) is 65.2 Å². The summed E-state index contributed by atoms with van der Waals surface area (Å²) >= 11 is 1.69. The topological polar surface area (TPSA) is 57.7 Å². The number of piperazine rings is 1. The first-order valence-corrected chi connectivity index (χ1v) is 11.4. The SMILES string of the molecule is COc1ccc(C)cc1NC(=O)CN1CCN(Cc2csc(-c3ccccc3)n2)CC1. The van der Waals surface area contributed by atoms with E-state index in [-0.39, 0.29) is 5.91 Å². The molecule has 7 heteroatoms. The van der Waals surface area contributed by atoms with Gasteiger partial charge < -0.3 is 10.1 Å². The van der Waals surface area contributed by atoms with E-state index in [0.29, 0.717) is 12.3 Å². The molecule has 2 heterocycles. The lowest BCUT2D eigenvalue weighted by Gasteiger charge is -2.33. The van der Waals surface area contributed by atoms with Crippen LogP contribution in [0.1, 0.15) is 11.3 Å². The molecule has 1 fully saturated rings. The van der Waals surface area contributed by atoms with Gasteiger partial charge in [-0.1, -0.05) is 36.4 Å². The number of aromatic nitrogens is 1. The summed E-state index contributed by atoms with van der Waals surface area (Å²) in [6.07, 6.45) is 0. The minimum absolute atomic E-state index is 0.00986. The molecule has 0 aliphatic carbocycles. The zero-order valence-corrected chi connectivity index (χ0v) is 18.8. The average Bonchev–Trinajstić information content (AvgIpc) is 3.24. The van der Waals surface area contributed by atoms with E-state index in [1.54, 1.807) is 18.4 Å². The zero-order chi connectivity index (χ0) is 21.6. The molecule has 1 aromatic heterocycles. The molecular weight excluding hydrogens is 408 g/mol. The molecule has 0 bridgehead atoms. The van der Waals surface area contributed by atoms with Crippen molar-refractivity contribution in [3.8, 4) is 16.3 Å². The Bertz CT molecular complexity index is 1010. The van der Waals surface area contributed by atoms with Crippen molar-refractivity contribution in [1.29, 1.82) is 0 Å². The Labute approximate surface area is 187 Å². The smallest absolute Gasteiger partial charge is 0.238 e. The standard InChI is InChI=1S/C24H28N4O2S/c1-18-8-9-22(30-2)21(14-18)26-23(29)16-28-12-10-27(11-13-28)15-20-17-31-24(25-20)19-6-4-3-5-7-19/h3-9,14,17H,10-13,15-16H2,1-2H3,(H,26,29). The van der Waals surface area contributed by atoms with Crippen molar-refractivity contribution in [2.24, 2.45) is 0 Å². The quantitative estimate of drug-likeness (QED) is 0.609. The first kappa shape index (κ1) is 21.5. The molecule has 3 aromatic rings. The van der Waals surface area contributed by atoms with Gasteiger partial charge in [0.15, 0.2) is 0 Å². The molecule has 1 N–H and O–H groups in total. The summed E-state index contributed by atoms with van der Waals surface area (Å²) in [5.74, 6) is 0.672. The van der Waals surface area contributed by atoms with Crippen LogP contribution in [0.25, 0.3) is 10.6 Å². The van der Waals surface area contributed by atoms with E-state index in [4.69, 9.17) is 9.72 Å². The predicted octanol–water partition coefficient (Wildman–Crippen LogP) is 3.88. The fourth-order valence-electron chi connectivity index (χ4n) is 3.74. The number of nitrogens with zero attached hydrogens (tertiary/aromatic N) is 3. The Kier molecular flexibility index (Phi) is 6.96. The molecule has 0 unspecified atom stereocenters. The number of methoxy groups -OCH3 is 1. The summed E-state index contributed by atoms with van der Waals surface area (Å²) in [4.78, 5) is 21.9. The Morgan fingerprint density at radius 1 is 1.10 bits per heavy atom. The van der Waals surface area contributed by atoms with E-state index >= 15 is 0 Å². The highest BCUT2D eigenvalue weighted by Crippen LogP contribution is 2.26. The van der Waals surface area contributed by atoms with Gasteiger partial charge in [-0.3, -0.25) is 14.6 Å². The number of ether oxygens (including phenoxy) is 1. The normalized spacial score (nSPS) is 15.0. The molecule has 1 aliphatic rings. The van der Waals surface area contributed by atoms with Gasteiger partial charge >= 0.3 is 0 Å². The first-order chi connectivity index (χ1) is 15.1. The van der Waals surface area contributed by atoms with E-state index < -0.39 is 0 Å². The van der Waals surface area contributed by atoms with Crippen LogP contribution in [0.15, 0.2) is 53.9 Å². The van der Waals surface area contributed by atoms with Crippen molar-refractivity contribution in [2.75, 3.05) is 45.2 Å². The molecule has 1 aliphatic heterocycles. The van der Waals surface area contributed by atoms with Gasteiger partial charge in [-0.2, -0.15) is 0 Å². The Morgan fingerprint density at radius 3 is 2.58 bits per heavy atom. The highest BCUT2D eigenvalue weighted by Gasteiger charge is 2.20. The molecule has 2 aromatic carbocycles. The molecule has 4 rings (SSSR count). The second kappa shape index (κ2) is 10.0.